The minimum atomic E-state index is -1.12. The number of carboxylic acids is 1. The predicted octanol–water partition coefficient (Wildman–Crippen LogP) is 1.85. The molecule has 5 heteroatoms. The zero-order chi connectivity index (χ0) is 15.3. The lowest BCUT2D eigenvalue weighted by molar-refractivity contribution is -0.132. The lowest BCUT2D eigenvalue weighted by atomic mass is 10.2. The van der Waals surface area contributed by atoms with Crippen molar-refractivity contribution in [3.8, 4) is 0 Å². The average molecular weight is 267 g/mol. The van der Waals surface area contributed by atoms with E-state index in [1.165, 1.54) is 6.08 Å². The third-order valence-corrected chi connectivity index (χ3v) is 2.02. The van der Waals surface area contributed by atoms with E-state index in [0.717, 1.165) is 11.8 Å². The van der Waals surface area contributed by atoms with Gasteiger partial charge in [-0.05, 0) is 31.7 Å². The van der Waals surface area contributed by atoms with Crippen LogP contribution in [0.15, 0.2) is 47.5 Å². The van der Waals surface area contributed by atoms with E-state index in [9.17, 15) is 4.79 Å². The molecule has 108 valence electrons. The van der Waals surface area contributed by atoms with E-state index in [0.29, 0.717) is 6.54 Å². The van der Waals surface area contributed by atoms with E-state index in [1.807, 2.05) is 45.9 Å². The molecule has 0 saturated heterocycles. The second kappa shape index (κ2) is 12.3. The summed E-state index contributed by atoms with van der Waals surface area (Å²) >= 11 is 0. The molecule has 0 rings (SSSR count). The van der Waals surface area contributed by atoms with Gasteiger partial charge in [0.2, 0.25) is 0 Å². The van der Waals surface area contributed by atoms with Gasteiger partial charge in [-0.15, -0.1) is 0 Å². The Balaban J connectivity index is 0. The van der Waals surface area contributed by atoms with Gasteiger partial charge in [0, 0.05) is 6.54 Å². The summed E-state index contributed by atoms with van der Waals surface area (Å²) in [6, 6.07) is 0. The minimum absolute atomic E-state index is 0.0524. The van der Waals surface area contributed by atoms with Gasteiger partial charge in [-0.1, -0.05) is 32.1 Å². The van der Waals surface area contributed by atoms with Crippen LogP contribution in [-0.2, 0) is 4.79 Å². The number of allylic oxidation sites excluding steroid dienone is 2. The number of hydrogen-bond donors (Lipinski definition) is 4. The molecule has 0 aliphatic carbocycles. The maximum atomic E-state index is 10.9. The number of nitrogens with one attached hydrogen (secondary N) is 1. The SMILES string of the molecule is C/C=C\C(=C/C)CN/C(N)=C(/C=C\N)C(=O)O.CC. The quantitative estimate of drug-likeness (QED) is 0.434. The van der Waals surface area contributed by atoms with Crippen LogP contribution in [0.2, 0.25) is 0 Å². The Kier molecular flexibility index (Phi) is 12.4. The van der Waals surface area contributed by atoms with Crippen LogP contribution < -0.4 is 16.8 Å². The molecule has 0 aliphatic rings. The molecule has 0 saturated carbocycles. The number of carboxylic acid groups (broad SMARTS) is 1. The zero-order valence-corrected chi connectivity index (χ0v) is 12.1. The van der Waals surface area contributed by atoms with Crippen molar-refractivity contribution < 1.29 is 9.90 Å². The minimum Gasteiger partial charge on any atom is -0.478 e. The van der Waals surface area contributed by atoms with Gasteiger partial charge in [-0.25, -0.2) is 4.79 Å². The number of aliphatic carboxylic acids is 1. The van der Waals surface area contributed by atoms with Gasteiger partial charge in [0.15, 0.2) is 0 Å². The van der Waals surface area contributed by atoms with E-state index in [4.69, 9.17) is 16.6 Å². The van der Waals surface area contributed by atoms with Crippen LogP contribution in [0.3, 0.4) is 0 Å². The molecule has 0 aromatic rings. The Labute approximate surface area is 115 Å². The number of carbonyl (C=O) groups is 1. The Morgan fingerprint density at radius 2 is 1.84 bits per heavy atom. The average Bonchev–Trinajstić information content (AvgIpc) is 2.42. The van der Waals surface area contributed by atoms with Crippen LogP contribution in [-0.4, -0.2) is 17.6 Å². The monoisotopic (exact) mass is 267 g/mol. The van der Waals surface area contributed by atoms with E-state index in [1.54, 1.807) is 0 Å². The van der Waals surface area contributed by atoms with Crippen LogP contribution in [0.25, 0.3) is 0 Å². The van der Waals surface area contributed by atoms with Crippen molar-refractivity contribution in [2.45, 2.75) is 27.7 Å². The molecular weight excluding hydrogens is 242 g/mol. The number of rotatable bonds is 6. The summed E-state index contributed by atoms with van der Waals surface area (Å²) in [6.45, 7) is 8.26. The first kappa shape index (κ1) is 19.2. The molecule has 0 heterocycles. The lowest BCUT2D eigenvalue weighted by Gasteiger charge is -2.09. The third kappa shape index (κ3) is 8.54. The first-order valence-corrected chi connectivity index (χ1v) is 6.19. The Morgan fingerprint density at radius 1 is 1.26 bits per heavy atom. The van der Waals surface area contributed by atoms with Crippen LogP contribution in [0.1, 0.15) is 27.7 Å². The zero-order valence-electron chi connectivity index (χ0n) is 12.1. The topological polar surface area (TPSA) is 101 Å². The number of nitrogens with two attached hydrogens (primary N) is 2. The molecule has 0 aromatic carbocycles. The van der Waals surface area contributed by atoms with Crippen molar-refractivity contribution in [2.75, 3.05) is 6.54 Å². The van der Waals surface area contributed by atoms with Gasteiger partial charge >= 0.3 is 5.97 Å². The molecule has 0 spiro atoms. The fourth-order valence-corrected chi connectivity index (χ4v) is 1.14. The molecular formula is C14H25N3O2. The van der Waals surface area contributed by atoms with Crippen LogP contribution in [0, 0.1) is 0 Å². The Morgan fingerprint density at radius 3 is 2.21 bits per heavy atom. The van der Waals surface area contributed by atoms with Gasteiger partial charge in [-0.2, -0.15) is 0 Å². The highest BCUT2D eigenvalue weighted by atomic mass is 16.4. The van der Waals surface area contributed by atoms with E-state index >= 15 is 0 Å². The van der Waals surface area contributed by atoms with Crippen molar-refractivity contribution >= 4 is 5.97 Å². The number of hydrogen-bond acceptors (Lipinski definition) is 4. The summed E-state index contributed by atoms with van der Waals surface area (Å²) in [5.74, 6) is -1.03. The molecule has 0 amide bonds. The summed E-state index contributed by atoms with van der Waals surface area (Å²) < 4.78 is 0. The summed E-state index contributed by atoms with van der Waals surface area (Å²) in [4.78, 5) is 10.9. The largest absolute Gasteiger partial charge is 0.478 e. The summed E-state index contributed by atoms with van der Waals surface area (Å²) in [6.07, 6.45) is 8.12. The fourth-order valence-electron chi connectivity index (χ4n) is 1.14. The van der Waals surface area contributed by atoms with Gasteiger partial charge in [-0.3, -0.25) is 0 Å². The molecule has 0 bridgehead atoms. The van der Waals surface area contributed by atoms with Gasteiger partial charge in [0.25, 0.3) is 0 Å². The first-order valence-electron chi connectivity index (χ1n) is 6.19. The molecule has 0 aromatic heterocycles. The highest BCUT2D eigenvalue weighted by Gasteiger charge is 2.08. The highest BCUT2D eigenvalue weighted by molar-refractivity contribution is 5.90. The third-order valence-electron chi connectivity index (χ3n) is 2.02. The summed E-state index contributed by atoms with van der Waals surface area (Å²) in [7, 11) is 0. The fraction of sp³-hybridized carbons (Fsp3) is 0.357. The van der Waals surface area contributed by atoms with Crippen molar-refractivity contribution in [2.24, 2.45) is 11.5 Å². The van der Waals surface area contributed by atoms with Gasteiger partial charge in [0.05, 0.1) is 0 Å². The maximum Gasteiger partial charge on any atom is 0.339 e. The Hall–Kier alpha value is -2.17. The van der Waals surface area contributed by atoms with E-state index in [-0.39, 0.29) is 11.4 Å². The second-order valence-corrected chi connectivity index (χ2v) is 3.21. The first-order chi connectivity index (χ1) is 9.06. The van der Waals surface area contributed by atoms with Crippen LogP contribution in [0.5, 0.6) is 0 Å². The summed E-state index contributed by atoms with van der Waals surface area (Å²) in [5, 5.41) is 11.7. The predicted molar refractivity (Wildman–Crippen MR) is 80.1 cm³/mol. The highest BCUT2D eigenvalue weighted by Crippen LogP contribution is 2.01. The van der Waals surface area contributed by atoms with Crippen molar-refractivity contribution in [3.63, 3.8) is 0 Å². The Bertz CT molecular complexity index is 380. The van der Waals surface area contributed by atoms with E-state index in [2.05, 4.69) is 5.32 Å². The normalized spacial score (nSPS) is 12.9. The standard InChI is InChI=1S/C12H19N3O2.C2H6/c1-3-5-9(4-2)8-15-11(14)10(6-7-13)12(16)17;1-2/h3-7,15H,8,13-14H2,1-2H3,(H,16,17);1-2H3/b5-3-,7-6-,9-4+,11-10-;. The van der Waals surface area contributed by atoms with Gasteiger partial charge in [0.1, 0.15) is 11.4 Å². The molecule has 6 N–H and O–H groups in total. The molecule has 0 radical (unpaired) electrons. The summed E-state index contributed by atoms with van der Waals surface area (Å²) in [5.41, 5.74) is 11.7. The van der Waals surface area contributed by atoms with Crippen LogP contribution >= 0.6 is 0 Å². The maximum absolute atomic E-state index is 10.9. The molecule has 0 aliphatic heterocycles. The van der Waals surface area contributed by atoms with Crippen LogP contribution in [0.4, 0.5) is 0 Å². The molecule has 0 unspecified atom stereocenters. The van der Waals surface area contributed by atoms with E-state index < -0.39 is 5.97 Å². The molecule has 0 fully saturated rings. The molecule has 0 atom stereocenters. The van der Waals surface area contributed by atoms with Gasteiger partial charge < -0.3 is 21.9 Å². The smallest absolute Gasteiger partial charge is 0.339 e. The van der Waals surface area contributed by atoms with Crippen molar-refractivity contribution in [1.29, 1.82) is 0 Å². The molecule has 19 heavy (non-hydrogen) atoms. The van der Waals surface area contributed by atoms with Crippen molar-refractivity contribution in [1.82, 2.24) is 5.32 Å². The van der Waals surface area contributed by atoms with Crippen molar-refractivity contribution in [3.05, 3.63) is 47.5 Å². The second-order valence-electron chi connectivity index (χ2n) is 3.21. The molecule has 5 nitrogen and oxygen atoms in total. The lowest BCUT2D eigenvalue weighted by Crippen LogP contribution is -2.26.